The van der Waals surface area contributed by atoms with E-state index in [1.807, 2.05) is 0 Å². The molecule has 2 atom stereocenters. The zero-order chi connectivity index (χ0) is 7.84. The second-order valence-corrected chi connectivity index (χ2v) is 3.72. The van der Waals surface area contributed by atoms with Gasteiger partial charge in [-0.3, -0.25) is 4.90 Å². The van der Waals surface area contributed by atoms with Gasteiger partial charge in [-0.05, 0) is 25.3 Å². The minimum atomic E-state index is 0.356. The molecule has 2 heterocycles. The molecule has 1 N–H and O–H groups in total. The Hall–Kier alpha value is -0.340. The van der Waals surface area contributed by atoms with Gasteiger partial charge >= 0.3 is 0 Å². The van der Waals surface area contributed by atoms with E-state index in [4.69, 9.17) is 5.11 Å². The topological polar surface area (TPSA) is 23.5 Å². The molecule has 2 rings (SSSR count). The normalized spacial score (nSPS) is 38.1. The van der Waals surface area contributed by atoms with Crippen molar-refractivity contribution in [3.63, 3.8) is 0 Å². The molecule has 0 radical (unpaired) electrons. The highest BCUT2D eigenvalue weighted by atomic mass is 16.3. The van der Waals surface area contributed by atoms with Gasteiger partial charge in [-0.15, -0.1) is 0 Å². The Kier molecular flexibility index (Phi) is 1.74. The van der Waals surface area contributed by atoms with Crippen molar-refractivity contribution in [2.45, 2.75) is 18.9 Å². The lowest BCUT2D eigenvalue weighted by molar-refractivity contribution is 0.191. The predicted molar refractivity (Wildman–Crippen MR) is 44.3 cm³/mol. The number of aliphatic hydroxyl groups is 1. The summed E-state index contributed by atoms with van der Waals surface area (Å²) in [6, 6.07) is 0.618. The van der Waals surface area contributed by atoms with Crippen LogP contribution in [0.4, 0.5) is 0 Å². The van der Waals surface area contributed by atoms with Gasteiger partial charge in [0.05, 0.1) is 0 Å². The summed E-state index contributed by atoms with van der Waals surface area (Å²) in [7, 11) is 0. The molecular weight excluding hydrogens is 138 g/mol. The van der Waals surface area contributed by atoms with Crippen LogP contribution < -0.4 is 0 Å². The maximum Gasteiger partial charge on any atom is 0.0474 e. The van der Waals surface area contributed by atoms with Crippen LogP contribution in [0.3, 0.4) is 0 Å². The van der Waals surface area contributed by atoms with E-state index in [0.717, 1.165) is 19.5 Å². The van der Waals surface area contributed by atoms with Crippen LogP contribution in [0.5, 0.6) is 0 Å². The predicted octanol–water partition coefficient (Wildman–Crippen LogP) is 0.629. The Balaban J connectivity index is 2.07. The van der Waals surface area contributed by atoms with Crippen LogP contribution in [0.25, 0.3) is 0 Å². The summed E-state index contributed by atoms with van der Waals surface area (Å²) in [5, 5.41) is 9.04. The zero-order valence-corrected chi connectivity index (χ0v) is 6.79. The van der Waals surface area contributed by atoms with Gasteiger partial charge in [0.25, 0.3) is 0 Å². The van der Waals surface area contributed by atoms with Gasteiger partial charge in [-0.2, -0.15) is 0 Å². The van der Waals surface area contributed by atoms with Crippen LogP contribution in [-0.2, 0) is 0 Å². The number of hydrogen-bond acceptors (Lipinski definition) is 2. The zero-order valence-electron chi connectivity index (χ0n) is 6.79. The van der Waals surface area contributed by atoms with Crippen LogP contribution in [-0.4, -0.2) is 35.7 Å². The van der Waals surface area contributed by atoms with Crippen molar-refractivity contribution in [1.82, 2.24) is 4.90 Å². The molecule has 2 aliphatic heterocycles. The number of fused-ring (bicyclic) bond motifs is 1. The lowest BCUT2D eigenvalue weighted by atomic mass is 9.98. The summed E-state index contributed by atoms with van der Waals surface area (Å²) in [6.45, 7) is 6.57. The second kappa shape index (κ2) is 2.61. The third-order valence-electron chi connectivity index (χ3n) is 2.96. The van der Waals surface area contributed by atoms with Gasteiger partial charge in [-0.1, -0.05) is 12.2 Å². The number of nitrogens with zero attached hydrogens (tertiary/aromatic N) is 1. The minimum absolute atomic E-state index is 0.356. The van der Waals surface area contributed by atoms with Crippen molar-refractivity contribution < 1.29 is 5.11 Å². The molecule has 0 aliphatic carbocycles. The molecule has 0 amide bonds. The van der Waals surface area contributed by atoms with E-state index >= 15 is 0 Å². The Labute approximate surface area is 67.5 Å². The average molecular weight is 153 g/mol. The fraction of sp³-hybridized carbons (Fsp3) is 0.778. The summed E-state index contributed by atoms with van der Waals surface area (Å²) < 4.78 is 0. The van der Waals surface area contributed by atoms with Gasteiger partial charge < -0.3 is 5.11 Å². The van der Waals surface area contributed by atoms with Crippen molar-refractivity contribution in [3.05, 3.63) is 12.2 Å². The van der Waals surface area contributed by atoms with Crippen molar-refractivity contribution in [2.24, 2.45) is 5.92 Å². The Bertz CT molecular complexity index is 178. The molecule has 0 bridgehead atoms. The molecule has 2 heteroatoms. The van der Waals surface area contributed by atoms with Crippen molar-refractivity contribution in [2.75, 3.05) is 19.7 Å². The summed E-state index contributed by atoms with van der Waals surface area (Å²) in [4.78, 5) is 2.45. The summed E-state index contributed by atoms with van der Waals surface area (Å²) in [6.07, 6.45) is 2.29. The van der Waals surface area contributed by atoms with Gasteiger partial charge in [0.15, 0.2) is 0 Å². The fourth-order valence-electron chi connectivity index (χ4n) is 2.34. The first-order chi connectivity index (χ1) is 5.31. The van der Waals surface area contributed by atoms with Gasteiger partial charge in [0, 0.05) is 19.2 Å². The first-order valence-corrected chi connectivity index (χ1v) is 4.33. The van der Waals surface area contributed by atoms with Crippen LogP contribution in [0, 0.1) is 5.92 Å². The molecular formula is C9H15NO. The molecule has 62 valence electrons. The molecule has 11 heavy (non-hydrogen) atoms. The first-order valence-electron chi connectivity index (χ1n) is 4.33. The second-order valence-electron chi connectivity index (χ2n) is 3.72. The highest BCUT2D eigenvalue weighted by molar-refractivity contribution is 5.11. The summed E-state index contributed by atoms with van der Waals surface area (Å²) in [5.41, 5.74) is 1.34. The Morgan fingerprint density at radius 3 is 3.18 bits per heavy atom. The van der Waals surface area contributed by atoms with Crippen LogP contribution in [0.1, 0.15) is 12.8 Å². The molecule has 2 nitrogen and oxygen atoms in total. The SMILES string of the molecule is C=C1CC2[C@H](CO)CCN2C1. The summed E-state index contributed by atoms with van der Waals surface area (Å²) >= 11 is 0. The molecule has 0 aromatic heterocycles. The lowest BCUT2D eigenvalue weighted by Gasteiger charge is -2.17. The maximum absolute atomic E-state index is 9.04. The lowest BCUT2D eigenvalue weighted by Crippen LogP contribution is -2.27. The molecule has 0 aromatic rings. The van der Waals surface area contributed by atoms with Crippen molar-refractivity contribution >= 4 is 0 Å². The van der Waals surface area contributed by atoms with Crippen LogP contribution in [0.2, 0.25) is 0 Å². The molecule has 0 saturated carbocycles. The largest absolute Gasteiger partial charge is 0.396 e. The first kappa shape index (κ1) is 7.32. The van der Waals surface area contributed by atoms with E-state index in [9.17, 15) is 0 Å². The smallest absolute Gasteiger partial charge is 0.0474 e. The molecule has 2 aliphatic rings. The monoisotopic (exact) mass is 153 g/mol. The van der Waals surface area contributed by atoms with Crippen LogP contribution >= 0.6 is 0 Å². The van der Waals surface area contributed by atoms with Gasteiger partial charge in [-0.25, -0.2) is 0 Å². The van der Waals surface area contributed by atoms with Crippen molar-refractivity contribution in [3.8, 4) is 0 Å². The maximum atomic E-state index is 9.04. The highest BCUT2D eigenvalue weighted by Gasteiger charge is 2.37. The van der Waals surface area contributed by atoms with Gasteiger partial charge in [0.1, 0.15) is 0 Å². The number of hydrogen-bond donors (Lipinski definition) is 1. The molecule has 2 saturated heterocycles. The van der Waals surface area contributed by atoms with E-state index in [-0.39, 0.29) is 0 Å². The molecule has 2 fully saturated rings. The van der Waals surface area contributed by atoms with Crippen molar-refractivity contribution in [1.29, 1.82) is 0 Å². The quantitative estimate of drug-likeness (QED) is 0.558. The van der Waals surface area contributed by atoms with E-state index < -0.39 is 0 Å². The molecule has 0 spiro atoms. The highest BCUT2D eigenvalue weighted by Crippen LogP contribution is 2.34. The Morgan fingerprint density at radius 2 is 2.45 bits per heavy atom. The van der Waals surface area contributed by atoms with Crippen LogP contribution in [0.15, 0.2) is 12.2 Å². The summed E-state index contributed by atoms with van der Waals surface area (Å²) in [5.74, 6) is 0.522. The average Bonchev–Trinajstić information content (AvgIpc) is 2.45. The van der Waals surface area contributed by atoms with E-state index in [1.165, 1.54) is 12.0 Å². The fourth-order valence-corrected chi connectivity index (χ4v) is 2.34. The third kappa shape index (κ3) is 1.10. The molecule has 1 unspecified atom stereocenters. The molecule has 0 aromatic carbocycles. The third-order valence-corrected chi connectivity index (χ3v) is 2.96. The Morgan fingerprint density at radius 1 is 1.64 bits per heavy atom. The number of aliphatic hydroxyl groups excluding tert-OH is 1. The number of rotatable bonds is 1. The van der Waals surface area contributed by atoms with E-state index in [2.05, 4.69) is 11.5 Å². The van der Waals surface area contributed by atoms with Gasteiger partial charge in [0.2, 0.25) is 0 Å². The standard InChI is InChI=1S/C9H15NO/c1-7-4-9-8(6-11)2-3-10(9)5-7/h8-9,11H,1-6H2/t8-,9?/m0/s1. The van der Waals surface area contributed by atoms with E-state index in [0.29, 0.717) is 18.6 Å². The van der Waals surface area contributed by atoms with E-state index in [1.54, 1.807) is 0 Å². The minimum Gasteiger partial charge on any atom is -0.396 e.